The standard InChI is InChI=1S/C19H23N3O4S/c1-13-7-8-15(11-18(13)27(20,24)25)21-16-9-17(10-16)22-19(23)26-12-14-5-3-2-4-6-14/h2-8,11,16-17,21H,9-10,12H2,1H3,(H,22,23)(H2,20,24,25). The van der Waals surface area contributed by atoms with Gasteiger partial charge in [-0.05, 0) is 43.0 Å². The number of nitrogens with two attached hydrogens (primary N) is 1. The molecule has 1 amide bonds. The molecule has 0 heterocycles. The predicted molar refractivity (Wildman–Crippen MR) is 103 cm³/mol. The van der Waals surface area contributed by atoms with Crippen molar-refractivity contribution in [2.24, 2.45) is 5.14 Å². The maximum absolute atomic E-state index is 11.8. The summed E-state index contributed by atoms with van der Waals surface area (Å²) in [5.41, 5.74) is 2.24. The maximum Gasteiger partial charge on any atom is 0.407 e. The largest absolute Gasteiger partial charge is 0.445 e. The van der Waals surface area contributed by atoms with Crippen molar-refractivity contribution in [3.05, 3.63) is 59.7 Å². The van der Waals surface area contributed by atoms with Crippen LogP contribution in [0.25, 0.3) is 0 Å². The van der Waals surface area contributed by atoms with E-state index in [1.54, 1.807) is 19.1 Å². The quantitative estimate of drug-likeness (QED) is 0.703. The van der Waals surface area contributed by atoms with Gasteiger partial charge in [0.05, 0.1) is 4.90 Å². The van der Waals surface area contributed by atoms with Crippen LogP contribution in [0.2, 0.25) is 0 Å². The molecule has 1 fully saturated rings. The molecule has 3 rings (SSSR count). The van der Waals surface area contributed by atoms with Gasteiger partial charge >= 0.3 is 6.09 Å². The fraction of sp³-hybridized carbons (Fsp3) is 0.316. The number of primary sulfonamides is 1. The highest BCUT2D eigenvalue weighted by atomic mass is 32.2. The van der Waals surface area contributed by atoms with Crippen molar-refractivity contribution in [3.63, 3.8) is 0 Å². The van der Waals surface area contributed by atoms with E-state index in [9.17, 15) is 13.2 Å². The molecule has 0 atom stereocenters. The average Bonchev–Trinajstić information content (AvgIpc) is 2.59. The van der Waals surface area contributed by atoms with Crippen LogP contribution in [0.15, 0.2) is 53.4 Å². The molecule has 144 valence electrons. The summed E-state index contributed by atoms with van der Waals surface area (Å²) in [6, 6.07) is 14.8. The number of rotatable bonds is 6. The number of carbonyl (C=O) groups excluding carboxylic acids is 1. The number of benzene rings is 2. The van der Waals surface area contributed by atoms with E-state index in [-0.39, 0.29) is 23.6 Å². The molecule has 27 heavy (non-hydrogen) atoms. The van der Waals surface area contributed by atoms with E-state index in [2.05, 4.69) is 10.6 Å². The van der Waals surface area contributed by atoms with Crippen molar-refractivity contribution in [2.75, 3.05) is 5.32 Å². The van der Waals surface area contributed by atoms with Crippen LogP contribution >= 0.6 is 0 Å². The number of hydrogen-bond donors (Lipinski definition) is 3. The molecule has 7 nitrogen and oxygen atoms in total. The molecule has 0 unspecified atom stereocenters. The van der Waals surface area contributed by atoms with Gasteiger partial charge in [0.2, 0.25) is 10.0 Å². The van der Waals surface area contributed by atoms with Gasteiger partial charge in [0, 0.05) is 17.8 Å². The Kier molecular flexibility index (Phi) is 5.67. The van der Waals surface area contributed by atoms with Gasteiger partial charge in [-0.2, -0.15) is 0 Å². The van der Waals surface area contributed by atoms with E-state index in [4.69, 9.17) is 9.88 Å². The van der Waals surface area contributed by atoms with Gasteiger partial charge in [-0.3, -0.25) is 0 Å². The molecule has 1 aliphatic carbocycles. The SMILES string of the molecule is Cc1ccc(NC2CC(NC(=O)OCc3ccccc3)C2)cc1S(N)(=O)=O. The van der Waals surface area contributed by atoms with Crippen molar-refractivity contribution in [1.29, 1.82) is 0 Å². The summed E-state index contributed by atoms with van der Waals surface area (Å²) >= 11 is 0. The zero-order valence-electron chi connectivity index (χ0n) is 15.0. The second-order valence-corrected chi connectivity index (χ2v) is 8.27. The summed E-state index contributed by atoms with van der Waals surface area (Å²) in [6.07, 6.45) is 1.03. The summed E-state index contributed by atoms with van der Waals surface area (Å²) < 4.78 is 28.4. The molecule has 0 saturated heterocycles. The van der Waals surface area contributed by atoms with E-state index in [0.29, 0.717) is 11.3 Å². The third-order valence-electron chi connectivity index (χ3n) is 4.54. The van der Waals surface area contributed by atoms with Crippen LogP contribution in [-0.4, -0.2) is 26.6 Å². The lowest BCUT2D eigenvalue weighted by atomic mass is 9.86. The molecule has 0 bridgehead atoms. The lowest BCUT2D eigenvalue weighted by Crippen LogP contribution is -2.49. The minimum absolute atomic E-state index is 0.0360. The van der Waals surface area contributed by atoms with Crippen LogP contribution < -0.4 is 15.8 Å². The number of aryl methyl sites for hydroxylation is 1. The number of hydrogen-bond acceptors (Lipinski definition) is 5. The summed E-state index contributed by atoms with van der Waals surface area (Å²) in [5, 5.41) is 11.3. The summed E-state index contributed by atoms with van der Waals surface area (Å²) in [7, 11) is -3.75. The second-order valence-electron chi connectivity index (χ2n) is 6.74. The van der Waals surface area contributed by atoms with E-state index < -0.39 is 16.1 Å². The van der Waals surface area contributed by atoms with Crippen molar-refractivity contribution < 1.29 is 17.9 Å². The molecule has 2 aromatic carbocycles. The summed E-state index contributed by atoms with van der Waals surface area (Å²) in [4.78, 5) is 12.0. The lowest BCUT2D eigenvalue weighted by molar-refractivity contribution is 0.129. The topological polar surface area (TPSA) is 111 Å². The molecule has 4 N–H and O–H groups in total. The van der Waals surface area contributed by atoms with E-state index in [0.717, 1.165) is 18.4 Å². The second kappa shape index (κ2) is 7.98. The number of anilines is 1. The Morgan fingerprint density at radius 1 is 1.15 bits per heavy atom. The minimum Gasteiger partial charge on any atom is -0.445 e. The number of alkyl carbamates (subject to hydrolysis) is 1. The summed E-state index contributed by atoms with van der Waals surface area (Å²) in [6.45, 7) is 1.94. The normalized spacial score (nSPS) is 19.0. The Balaban J connectivity index is 1.44. The average molecular weight is 389 g/mol. The van der Waals surface area contributed by atoms with Crippen molar-refractivity contribution >= 4 is 21.8 Å². The van der Waals surface area contributed by atoms with Crippen LogP contribution in [0.3, 0.4) is 0 Å². The first-order valence-corrected chi connectivity index (χ1v) is 10.2. The molecule has 0 radical (unpaired) electrons. The van der Waals surface area contributed by atoms with Gasteiger partial charge in [0.15, 0.2) is 0 Å². The number of ether oxygens (including phenoxy) is 1. The highest BCUT2D eigenvalue weighted by Crippen LogP contribution is 2.26. The maximum atomic E-state index is 11.8. The van der Waals surface area contributed by atoms with E-state index >= 15 is 0 Å². The van der Waals surface area contributed by atoms with Crippen LogP contribution in [0.5, 0.6) is 0 Å². The van der Waals surface area contributed by atoms with Gasteiger partial charge in [-0.1, -0.05) is 36.4 Å². The van der Waals surface area contributed by atoms with Gasteiger partial charge in [-0.25, -0.2) is 18.4 Å². The van der Waals surface area contributed by atoms with Crippen LogP contribution in [0, 0.1) is 6.92 Å². The Morgan fingerprint density at radius 3 is 2.52 bits per heavy atom. The predicted octanol–water partition coefficient (Wildman–Crippen LogP) is 2.51. The first-order chi connectivity index (χ1) is 12.8. The zero-order chi connectivity index (χ0) is 19.4. The number of carbonyl (C=O) groups is 1. The monoisotopic (exact) mass is 389 g/mol. The molecular weight excluding hydrogens is 366 g/mol. The van der Waals surface area contributed by atoms with E-state index in [1.165, 1.54) is 0 Å². The first-order valence-electron chi connectivity index (χ1n) is 8.68. The Morgan fingerprint density at radius 2 is 1.85 bits per heavy atom. The first kappa shape index (κ1) is 19.2. The number of nitrogens with one attached hydrogen (secondary N) is 2. The Hall–Kier alpha value is -2.58. The fourth-order valence-corrected chi connectivity index (χ4v) is 3.83. The third-order valence-corrected chi connectivity index (χ3v) is 5.59. The van der Waals surface area contributed by atoms with Crippen LogP contribution in [0.4, 0.5) is 10.5 Å². The van der Waals surface area contributed by atoms with E-state index in [1.807, 2.05) is 36.4 Å². The molecule has 0 spiro atoms. The van der Waals surface area contributed by atoms with Crippen molar-refractivity contribution in [3.8, 4) is 0 Å². The Bertz CT molecular complexity index is 910. The molecular formula is C19H23N3O4S. The van der Waals surface area contributed by atoms with Crippen molar-refractivity contribution in [2.45, 2.75) is 43.4 Å². The van der Waals surface area contributed by atoms with Crippen molar-refractivity contribution in [1.82, 2.24) is 5.32 Å². The van der Waals surface area contributed by atoms with Gasteiger partial charge in [0.1, 0.15) is 6.61 Å². The van der Waals surface area contributed by atoms with Gasteiger partial charge < -0.3 is 15.4 Å². The third kappa shape index (κ3) is 5.21. The van der Waals surface area contributed by atoms with Crippen LogP contribution in [0.1, 0.15) is 24.0 Å². The molecule has 8 heteroatoms. The smallest absolute Gasteiger partial charge is 0.407 e. The number of sulfonamides is 1. The number of amides is 1. The van der Waals surface area contributed by atoms with Gasteiger partial charge in [0.25, 0.3) is 0 Å². The highest BCUT2D eigenvalue weighted by molar-refractivity contribution is 7.89. The summed E-state index contributed by atoms with van der Waals surface area (Å²) in [5.74, 6) is 0. The molecule has 1 saturated carbocycles. The molecule has 0 aliphatic heterocycles. The van der Waals surface area contributed by atoms with Gasteiger partial charge in [-0.15, -0.1) is 0 Å². The molecule has 2 aromatic rings. The highest BCUT2D eigenvalue weighted by Gasteiger charge is 2.30. The molecule has 0 aromatic heterocycles. The lowest BCUT2D eigenvalue weighted by Gasteiger charge is -2.36. The molecule has 1 aliphatic rings. The van der Waals surface area contributed by atoms with Crippen LogP contribution in [-0.2, 0) is 21.4 Å². The minimum atomic E-state index is -3.75. The Labute approximate surface area is 159 Å². The fourth-order valence-electron chi connectivity index (χ4n) is 3.02. The zero-order valence-corrected chi connectivity index (χ0v) is 15.8.